The molecule has 0 spiro atoms. The maximum atomic E-state index is 11.2. The second kappa shape index (κ2) is 6.16. The highest BCUT2D eigenvalue weighted by Crippen LogP contribution is 2.25. The van der Waals surface area contributed by atoms with Gasteiger partial charge in [0.25, 0.3) is 0 Å². The number of carbonyl (C=O) groups is 1. The van der Waals surface area contributed by atoms with E-state index in [4.69, 9.17) is 9.47 Å². The van der Waals surface area contributed by atoms with Crippen molar-refractivity contribution < 1.29 is 14.3 Å². The summed E-state index contributed by atoms with van der Waals surface area (Å²) in [4.78, 5) is 11.2. The van der Waals surface area contributed by atoms with Gasteiger partial charge < -0.3 is 9.47 Å². The molecule has 16 heavy (non-hydrogen) atoms. The van der Waals surface area contributed by atoms with Gasteiger partial charge in [0.1, 0.15) is 17.3 Å². The van der Waals surface area contributed by atoms with Crippen molar-refractivity contribution in [2.45, 2.75) is 26.2 Å². The van der Waals surface area contributed by atoms with Crippen LogP contribution in [0.4, 0.5) is 0 Å². The van der Waals surface area contributed by atoms with Crippen LogP contribution in [0.2, 0.25) is 0 Å². The van der Waals surface area contributed by atoms with E-state index in [1.54, 1.807) is 14.2 Å². The first kappa shape index (κ1) is 12.6. The molecule has 0 saturated carbocycles. The quantitative estimate of drug-likeness (QED) is 0.742. The first-order chi connectivity index (χ1) is 7.71. The van der Waals surface area contributed by atoms with Crippen LogP contribution in [0, 0.1) is 0 Å². The summed E-state index contributed by atoms with van der Waals surface area (Å²) in [6, 6.07) is 5.67. The van der Waals surface area contributed by atoms with Crippen LogP contribution in [0.3, 0.4) is 0 Å². The lowest BCUT2D eigenvalue weighted by Crippen LogP contribution is -2.00. The minimum atomic E-state index is 0.276. The third-order valence-corrected chi connectivity index (χ3v) is 2.56. The highest BCUT2D eigenvalue weighted by Gasteiger charge is 2.06. The Morgan fingerprint density at radius 3 is 2.56 bits per heavy atom. The second-order valence-corrected chi connectivity index (χ2v) is 3.57. The predicted molar refractivity (Wildman–Crippen MR) is 63.2 cm³/mol. The molecule has 3 nitrogen and oxygen atoms in total. The number of aryl methyl sites for hydroxylation is 1. The molecule has 0 saturated heterocycles. The SMILES string of the molecule is CCC(=O)CCc1ccc(OC)cc1OC. The molecule has 1 rings (SSSR count). The first-order valence-electron chi connectivity index (χ1n) is 5.43. The fourth-order valence-electron chi connectivity index (χ4n) is 1.51. The standard InChI is InChI=1S/C13H18O3/c1-4-11(14)7-5-10-6-8-12(15-2)9-13(10)16-3/h6,8-9H,4-5,7H2,1-3H3. The molecule has 0 aliphatic heterocycles. The van der Waals surface area contributed by atoms with Gasteiger partial charge in [-0.1, -0.05) is 13.0 Å². The van der Waals surface area contributed by atoms with Gasteiger partial charge in [-0.05, 0) is 18.1 Å². The van der Waals surface area contributed by atoms with Gasteiger partial charge in [0.15, 0.2) is 0 Å². The molecule has 0 aromatic heterocycles. The number of benzene rings is 1. The molecule has 3 heteroatoms. The van der Waals surface area contributed by atoms with E-state index >= 15 is 0 Å². The van der Waals surface area contributed by atoms with Crippen molar-refractivity contribution in [1.29, 1.82) is 0 Å². The van der Waals surface area contributed by atoms with E-state index in [2.05, 4.69) is 0 Å². The van der Waals surface area contributed by atoms with Crippen molar-refractivity contribution >= 4 is 5.78 Å². The largest absolute Gasteiger partial charge is 0.497 e. The Labute approximate surface area is 96.4 Å². The smallest absolute Gasteiger partial charge is 0.132 e. The van der Waals surface area contributed by atoms with Gasteiger partial charge in [0.2, 0.25) is 0 Å². The van der Waals surface area contributed by atoms with E-state index in [0.29, 0.717) is 12.8 Å². The van der Waals surface area contributed by atoms with Crippen molar-refractivity contribution in [2.24, 2.45) is 0 Å². The number of carbonyl (C=O) groups excluding carboxylic acids is 1. The lowest BCUT2D eigenvalue weighted by Gasteiger charge is -2.09. The van der Waals surface area contributed by atoms with Crippen molar-refractivity contribution in [3.8, 4) is 11.5 Å². The van der Waals surface area contributed by atoms with Crippen LogP contribution in [0.25, 0.3) is 0 Å². The molecular weight excluding hydrogens is 204 g/mol. The summed E-state index contributed by atoms with van der Waals surface area (Å²) in [6.07, 6.45) is 1.89. The van der Waals surface area contributed by atoms with E-state index in [1.807, 2.05) is 25.1 Å². The highest BCUT2D eigenvalue weighted by atomic mass is 16.5. The van der Waals surface area contributed by atoms with Crippen molar-refractivity contribution in [2.75, 3.05) is 14.2 Å². The summed E-state index contributed by atoms with van der Waals surface area (Å²) in [5.74, 6) is 1.82. The molecule has 1 aromatic rings. The average molecular weight is 222 g/mol. The molecule has 0 N–H and O–H groups in total. The van der Waals surface area contributed by atoms with Gasteiger partial charge in [-0.25, -0.2) is 0 Å². The molecular formula is C13H18O3. The number of Topliss-reactive ketones (excluding diaryl/α,β-unsaturated/α-hetero) is 1. The van der Waals surface area contributed by atoms with Crippen LogP contribution in [-0.4, -0.2) is 20.0 Å². The maximum absolute atomic E-state index is 11.2. The lowest BCUT2D eigenvalue weighted by molar-refractivity contribution is -0.118. The summed E-state index contributed by atoms with van der Waals surface area (Å²) in [5, 5.41) is 0. The Morgan fingerprint density at radius 1 is 1.25 bits per heavy atom. The Hall–Kier alpha value is -1.51. The van der Waals surface area contributed by atoms with Crippen LogP contribution in [-0.2, 0) is 11.2 Å². The van der Waals surface area contributed by atoms with Crippen LogP contribution < -0.4 is 9.47 Å². The van der Waals surface area contributed by atoms with E-state index in [0.717, 1.165) is 23.5 Å². The number of ketones is 1. The zero-order chi connectivity index (χ0) is 12.0. The van der Waals surface area contributed by atoms with Crippen molar-refractivity contribution in [3.63, 3.8) is 0 Å². The molecule has 0 amide bonds. The molecule has 0 fully saturated rings. The number of rotatable bonds is 6. The molecule has 0 aliphatic carbocycles. The van der Waals surface area contributed by atoms with E-state index in [1.165, 1.54) is 0 Å². The van der Waals surface area contributed by atoms with Gasteiger partial charge in [-0.2, -0.15) is 0 Å². The average Bonchev–Trinajstić information content (AvgIpc) is 2.35. The summed E-state index contributed by atoms with van der Waals surface area (Å²) in [7, 11) is 3.25. The lowest BCUT2D eigenvalue weighted by atomic mass is 10.1. The van der Waals surface area contributed by atoms with Crippen molar-refractivity contribution in [3.05, 3.63) is 23.8 Å². The molecule has 88 valence electrons. The summed E-state index contributed by atoms with van der Waals surface area (Å²) in [6.45, 7) is 1.88. The number of ether oxygens (including phenoxy) is 2. The summed E-state index contributed by atoms with van der Waals surface area (Å²) < 4.78 is 10.4. The zero-order valence-corrected chi connectivity index (χ0v) is 10.1. The monoisotopic (exact) mass is 222 g/mol. The Balaban J connectivity index is 2.75. The zero-order valence-electron chi connectivity index (χ0n) is 10.1. The fourth-order valence-corrected chi connectivity index (χ4v) is 1.51. The van der Waals surface area contributed by atoms with Crippen LogP contribution in [0.5, 0.6) is 11.5 Å². The summed E-state index contributed by atoms with van der Waals surface area (Å²) >= 11 is 0. The highest BCUT2D eigenvalue weighted by molar-refractivity contribution is 5.78. The van der Waals surface area contributed by atoms with Gasteiger partial charge in [0, 0.05) is 18.9 Å². The predicted octanol–water partition coefficient (Wildman–Crippen LogP) is 2.62. The molecule has 0 unspecified atom stereocenters. The van der Waals surface area contributed by atoms with Crippen LogP contribution in [0.15, 0.2) is 18.2 Å². The molecule has 0 radical (unpaired) electrons. The van der Waals surface area contributed by atoms with Crippen LogP contribution in [0.1, 0.15) is 25.3 Å². The topological polar surface area (TPSA) is 35.5 Å². The van der Waals surface area contributed by atoms with E-state index in [-0.39, 0.29) is 5.78 Å². The summed E-state index contributed by atoms with van der Waals surface area (Å²) in [5.41, 5.74) is 1.05. The van der Waals surface area contributed by atoms with Gasteiger partial charge >= 0.3 is 0 Å². The maximum Gasteiger partial charge on any atom is 0.132 e. The third kappa shape index (κ3) is 3.26. The van der Waals surface area contributed by atoms with Crippen LogP contribution >= 0.6 is 0 Å². The normalized spacial score (nSPS) is 9.94. The fraction of sp³-hybridized carbons (Fsp3) is 0.462. The Morgan fingerprint density at radius 2 is 2.00 bits per heavy atom. The van der Waals surface area contributed by atoms with Gasteiger partial charge in [-0.3, -0.25) is 4.79 Å². The number of hydrogen-bond donors (Lipinski definition) is 0. The number of hydrogen-bond acceptors (Lipinski definition) is 3. The van der Waals surface area contributed by atoms with Gasteiger partial charge in [0.05, 0.1) is 14.2 Å². The minimum Gasteiger partial charge on any atom is -0.497 e. The Kier molecular flexibility index (Phi) is 4.83. The molecule has 0 bridgehead atoms. The third-order valence-electron chi connectivity index (χ3n) is 2.56. The minimum absolute atomic E-state index is 0.276. The Bertz CT molecular complexity index is 358. The van der Waals surface area contributed by atoms with Gasteiger partial charge in [-0.15, -0.1) is 0 Å². The van der Waals surface area contributed by atoms with E-state index in [9.17, 15) is 4.79 Å². The molecule has 1 aromatic carbocycles. The number of methoxy groups -OCH3 is 2. The molecule has 0 aliphatic rings. The molecule has 0 heterocycles. The molecule has 0 atom stereocenters. The van der Waals surface area contributed by atoms with E-state index < -0.39 is 0 Å². The second-order valence-electron chi connectivity index (χ2n) is 3.57. The van der Waals surface area contributed by atoms with Crippen molar-refractivity contribution in [1.82, 2.24) is 0 Å². The first-order valence-corrected chi connectivity index (χ1v) is 5.43.